The van der Waals surface area contributed by atoms with E-state index in [0.717, 1.165) is 5.56 Å². The van der Waals surface area contributed by atoms with Crippen molar-refractivity contribution in [3.8, 4) is 0 Å². The molecule has 6 nitrogen and oxygen atoms in total. The van der Waals surface area contributed by atoms with Gasteiger partial charge in [0.2, 0.25) is 0 Å². The van der Waals surface area contributed by atoms with E-state index in [4.69, 9.17) is 4.74 Å². The normalized spacial score (nSPS) is 17.5. The third-order valence-electron chi connectivity index (χ3n) is 4.07. The predicted octanol–water partition coefficient (Wildman–Crippen LogP) is 3.22. The quantitative estimate of drug-likeness (QED) is 0.738. The van der Waals surface area contributed by atoms with Gasteiger partial charge in [-0.25, -0.2) is 9.78 Å². The number of aromatic nitrogens is 1. The van der Waals surface area contributed by atoms with E-state index < -0.39 is 12.1 Å². The Kier molecular flexibility index (Phi) is 5.33. The zero-order chi connectivity index (χ0) is 17.8. The molecular weight excluding hydrogens is 386 g/mol. The molecule has 0 saturated carbocycles. The highest BCUT2D eigenvalue weighted by Crippen LogP contribution is 2.21. The maximum absolute atomic E-state index is 12.6. The molecule has 1 atom stereocenters. The summed E-state index contributed by atoms with van der Waals surface area (Å²) >= 11 is 3.31. The fourth-order valence-electron chi connectivity index (χ4n) is 2.70. The van der Waals surface area contributed by atoms with Crippen LogP contribution in [0, 0.1) is 0 Å². The van der Waals surface area contributed by atoms with E-state index in [2.05, 4.69) is 20.9 Å². The summed E-state index contributed by atoms with van der Waals surface area (Å²) in [5.41, 5.74) is 0.909. The highest BCUT2D eigenvalue weighted by Gasteiger charge is 2.36. The minimum absolute atomic E-state index is 0.173. The molecule has 7 heteroatoms. The Morgan fingerprint density at radius 3 is 2.68 bits per heavy atom. The van der Waals surface area contributed by atoms with Gasteiger partial charge in [0.1, 0.15) is 23.1 Å². The summed E-state index contributed by atoms with van der Waals surface area (Å²) in [4.78, 5) is 32.3. The monoisotopic (exact) mass is 403 g/mol. The molecule has 2 amide bonds. The van der Waals surface area contributed by atoms with Crippen molar-refractivity contribution in [2.45, 2.75) is 19.6 Å². The molecule has 130 valence electrons. The van der Waals surface area contributed by atoms with Crippen LogP contribution >= 0.6 is 15.9 Å². The van der Waals surface area contributed by atoms with Crippen molar-refractivity contribution in [3.63, 3.8) is 0 Å². The summed E-state index contributed by atoms with van der Waals surface area (Å²) in [7, 11) is 0. The van der Waals surface area contributed by atoms with Crippen LogP contribution in [0.5, 0.6) is 0 Å². The molecule has 0 spiro atoms. The zero-order valence-electron chi connectivity index (χ0n) is 13.8. The van der Waals surface area contributed by atoms with Crippen molar-refractivity contribution < 1.29 is 14.3 Å². The molecule has 2 heterocycles. The Balaban J connectivity index is 1.64. The summed E-state index contributed by atoms with van der Waals surface area (Å²) in [6.45, 7) is 2.67. The van der Waals surface area contributed by atoms with Crippen molar-refractivity contribution in [2.24, 2.45) is 0 Å². The average molecular weight is 404 g/mol. The van der Waals surface area contributed by atoms with E-state index in [1.54, 1.807) is 24.0 Å². The molecule has 0 aliphatic carbocycles. The first-order chi connectivity index (χ1) is 12.1. The molecule has 2 aromatic rings. The van der Waals surface area contributed by atoms with E-state index in [1.165, 1.54) is 4.90 Å². The van der Waals surface area contributed by atoms with Gasteiger partial charge in [0.15, 0.2) is 0 Å². The molecule has 3 rings (SSSR count). The standard InChI is InChI=1S/C18H18BrN3O3/c1-13-17(23)22(16-9-5-8-15(19)20-16)11-10-21(13)18(24)25-12-14-6-3-2-4-7-14/h2-9,13H,10-12H2,1H3/t13-/m0/s1. The van der Waals surface area contributed by atoms with Crippen molar-refractivity contribution >= 4 is 33.7 Å². The maximum atomic E-state index is 12.6. The average Bonchev–Trinajstić information content (AvgIpc) is 2.63. The maximum Gasteiger partial charge on any atom is 0.410 e. The number of hydrogen-bond acceptors (Lipinski definition) is 4. The summed E-state index contributed by atoms with van der Waals surface area (Å²) in [5, 5.41) is 0. The predicted molar refractivity (Wildman–Crippen MR) is 97.1 cm³/mol. The second kappa shape index (κ2) is 7.65. The largest absolute Gasteiger partial charge is 0.445 e. The first-order valence-electron chi connectivity index (χ1n) is 7.97. The summed E-state index contributed by atoms with van der Waals surface area (Å²) in [5.74, 6) is 0.400. The van der Waals surface area contributed by atoms with Crippen molar-refractivity contribution in [1.29, 1.82) is 0 Å². The number of anilines is 1. The lowest BCUT2D eigenvalue weighted by Crippen LogP contribution is -2.58. The van der Waals surface area contributed by atoms with Crippen LogP contribution < -0.4 is 4.90 Å². The number of halogens is 1. The highest BCUT2D eigenvalue weighted by molar-refractivity contribution is 9.10. The molecule has 25 heavy (non-hydrogen) atoms. The van der Waals surface area contributed by atoms with E-state index in [1.807, 2.05) is 36.4 Å². The third kappa shape index (κ3) is 3.99. The van der Waals surface area contributed by atoms with Gasteiger partial charge in [0.25, 0.3) is 5.91 Å². The second-order valence-electron chi connectivity index (χ2n) is 5.72. The summed E-state index contributed by atoms with van der Waals surface area (Å²) in [6, 6.07) is 14.3. The van der Waals surface area contributed by atoms with E-state index in [9.17, 15) is 9.59 Å². The van der Waals surface area contributed by atoms with Crippen molar-refractivity contribution in [1.82, 2.24) is 9.88 Å². The van der Waals surface area contributed by atoms with Gasteiger partial charge in [-0.3, -0.25) is 14.6 Å². The minimum Gasteiger partial charge on any atom is -0.445 e. The van der Waals surface area contributed by atoms with Gasteiger partial charge in [-0.15, -0.1) is 0 Å². The summed E-state index contributed by atoms with van der Waals surface area (Å²) in [6.07, 6.45) is -0.480. The molecule has 1 saturated heterocycles. The van der Waals surface area contributed by atoms with E-state index >= 15 is 0 Å². The molecule has 1 fully saturated rings. The fraction of sp³-hybridized carbons (Fsp3) is 0.278. The Labute approximate surface area is 154 Å². The van der Waals surface area contributed by atoms with Gasteiger partial charge in [-0.1, -0.05) is 36.4 Å². The number of carbonyl (C=O) groups excluding carboxylic acids is 2. The Morgan fingerprint density at radius 2 is 1.96 bits per heavy atom. The number of piperazine rings is 1. The molecule has 1 aromatic carbocycles. The molecule has 0 N–H and O–H groups in total. The second-order valence-corrected chi connectivity index (χ2v) is 6.53. The first-order valence-corrected chi connectivity index (χ1v) is 8.77. The van der Waals surface area contributed by atoms with Crippen molar-refractivity contribution in [2.75, 3.05) is 18.0 Å². The highest BCUT2D eigenvalue weighted by atomic mass is 79.9. The van der Waals surface area contributed by atoms with Crippen LogP contribution in [0.2, 0.25) is 0 Å². The van der Waals surface area contributed by atoms with E-state index in [0.29, 0.717) is 23.5 Å². The smallest absolute Gasteiger partial charge is 0.410 e. The van der Waals surface area contributed by atoms with Gasteiger partial charge in [0.05, 0.1) is 0 Å². The lowest BCUT2D eigenvalue weighted by Gasteiger charge is -2.37. The molecule has 1 aromatic heterocycles. The molecule has 0 unspecified atom stereocenters. The third-order valence-corrected chi connectivity index (χ3v) is 4.51. The fourth-order valence-corrected chi connectivity index (χ4v) is 3.03. The molecule has 1 aliphatic heterocycles. The van der Waals surface area contributed by atoms with E-state index in [-0.39, 0.29) is 12.5 Å². The lowest BCUT2D eigenvalue weighted by molar-refractivity contribution is -0.124. The Bertz CT molecular complexity index is 769. The number of amides is 2. The van der Waals surface area contributed by atoms with Gasteiger partial charge in [0, 0.05) is 13.1 Å². The van der Waals surface area contributed by atoms with Gasteiger partial charge < -0.3 is 4.74 Å². The van der Waals surface area contributed by atoms with Crippen LogP contribution in [0.1, 0.15) is 12.5 Å². The zero-order valence-corrected chi connectivity index (χ0v) is 15.3. The molecule has 0 radical (unpaired) electrons. The van der Waals surface area contributed by atoms with Crippen LogP contribution in [0.4, 0.5) is 10.6 Å². The van der Waals surface area contributed by atoms with Crippen LogP contribution in [-0.2, 0) is 16.1 Å². The molecular formula is C18H18BrN3O3. The number of pyridine rings is 1. The molecule has 0 bridgehead atoms. The van der Waals surface area contributed by atoms with Crippen LogP contribution in [0.15, 0.2) is 53.1 Å². The van der Waals surface area contributed by atoms with Gasteiger partial charge >= 0.3 is 6.09 Å². The van der Waals surface area contributed by atoms with Crippen LogP contribution in [0.25, 0.3) is 0 Å². The number of nitrogens with zero attached hydrogens (tertiary/aromatic N) is 3. The number of rotatable bonds is 3. The Morgan fingerprint density at radius 1 is 1.20 bits per heavy atom. The topological polar surface area (TPSA) is 62.7 Å². The van der Waals surface area contributed by atoms with Gasteiger partial charge in [-0.05, 0) is 40.5 Å². The molecule has 1 aliphatic rings. The SMILES string of the molecule is C[C@H]1C(=O)N(c2cccc(Br)n2)CCN1C(=O)OCc1ccccc1. The van der Waals surface area contributed by atoms with Gasteiger partial charge in [-0.2, -0.15) is 0 Å². The van der Waals surface area contributed by atoms with Crippen molar-refractivity contribution in [3.05, 3.63) is 58.7 Å². The number of benzene rings is 1. The van der Waals surface area contributed by atoms with Crippen LogP contribution in [-0.4, -0.2) is 41.0 Å². The first kappa shape index (κ1) is 17.4. The Hall–Kier alpha value is -2.41. The number of carbonyl (C=O) groups is 2. The number of hydrogen-bond donors (Lipinski definition) is 0. The minimum atomic E-state index is -0.599. The number of ether oxygens (including phenoxy) is 1. The lowest BCUT2D eigenvalue weighted by atomic mass is 10.2. The van der Waals surface area contributed by atoms with Crippen LogP contribution in [0.3, 0.4) is 0 Å². The summed E-state index contributed by atoms with van der Waals surface area (Å²) < 4.78 is 6.00.